The number of rotatable bonds is 4. The molecule has 0 spiro atoms. The average molecular weight is 332 g/mol. The summed E-state index contributed by atoms with van der Waals surface area (Å²) in [6, 6.07) is 3.48. The topological polar surface area (TPSA) is 51.0 Å². The third-order valence-electron chi connectivity index (χ3n) is 4.15. The largest absolute Gasteiger partial charge is 0.297 e. The molecule has 0 N–H and O–H groups in total. The summed E-state index contributed by atoms with van der Waals surface area (Å²) in [6.07, 6.45) is 0. The van der Waals surface area contributed by atoms with E-state index in [-0.39, 0.29) is 11.0 Å². The van der Waals surface area contributed by atoms with Gasteiger partial charge in [0.2, 0.25) is 0 Å². The summed E-state index contributed by atoms with van der Waals surface area (Å²) >= 11 is 1.70. The second kappa shape index (κ2) is 6.17. The maximum atomic E-state index is 12.0. The molecule has 0 saturated carbocycles. The van der Waals surface area contributed by atoms with Crippen LogP contribution in [0.2, 0.25) is 0 Å². The van der Waals surface area contributed by atoms with Gasteiger partial charge in [-0.05, 0) is 13.0 Å². The van der Waals surface area contributed by atoms with Gasteiger partial charge < -0.3 is 0 Å². The van der Waals surface area contributed by atoms with Crippen LogP contribution in [-0.4, -0.2) is 32.8 Å². The standard InChI is InChI=1S/C17H24N4OS/c1-12-18-14(11-23-12)10-20-7-13(8-20)9-21-16(22)6-5-15(19-21)17(2,3)4/h5-6,11,13H,7-10H2,1-4H3. The van der Waals surface area contributed by atoms with Crippen LogP contribution in [0.5, 0.6) is 0 Å². The Labute approximate surface area is 141 Å². The highest BCUT2D eigenvalue weighted by molar-refractivity contribution is 7.09. The normalized spacial score (nSPS) is 16.5. The molecule has 1 aliphatic rings. The number of hydrogen-bond acceptors (Lipinski definition) is 5. The highest BCUT2D eigenvalue weighted by Crippen LogP contribution is 2.22. The predicted molar refractivity (Wildman–Crippen MR) is 92.8 cm³/mol. The van der Waals surface area contributed by atoms with Crippen molar-refractivity contribution < 1.29 is 0 Å². The maximum Gasteiger partial charge on any atom is 0.266 e. The fourth-order valence-corrected chi connectivity index (χ4v) is 3.46. The summed E-state index contributed by atoms with van der Waals surface area (Å²) in [5, 5.41) is 7.80. The lowest BCUT2D eigenvalue weighted by atomic mass is 9.92. The Kier molecular flexibility index (Phi) is 4.38. The first-order chi connectivity index (χ1) is 10.8. The molecule has 2 aromatic rings. The van der Waals surface area contributed by atoms with Gasteiger partial charge in [-0.1, -0.05) is 20.8 Å². The summed E-state index contributed by atoms with van der Waals surface area (Å²) in [6.45, 7) is 12.0. The van der Waals surface area contributed by atoms with E-state index in [0.717, 1.165) is 36.0 Å². The molecule has 3 heterocycles. The van der Waals surface area contributed by atoms with Gasteiger partial charge in [0.05, 0.1) is 22.9 Å². The van der Waals surface area contributed by atoms with E-state index in [2.05, 4.69) is 41.1 Å². The van der Waals surface area contributed by atoms with Gasteiger partial charge in [-0.25, -0.2) is 9.67 Å². The Hall–Kier alpha value is -1.53. The monoisotopic (exact) mass is 332 g/mol. The van der Waals surface area contributed by atoms with Crippen LogP contribution in [0, 0.1) is 12.8 Å². The Morgan fingerprint density at radius 1 is 1.30 bits per heavy atom. The fourth-order valence-electron chi connectivity index (χ4n) is 2.86. The highest BCUT2D eigenvalue weighted by Gasteiger charge is 2.28. The van der Waals surface area contributed by atoms with Gasteiger partial charge in [-0.3, -0.25) is 9.69 Å². The fraction of sp³-hybridized carbons (Fsp3) is 0.588. The number of nitrogens with zero attached hydrogens (tertiary/aromatic N) is 4. The average Bonchev–Trinajstić information content (AvgIpc) is 2.82. The molecule has 0 aliphatic carbocycles. The summed E-state index contributed by atoms with van der Waals surface area (Å²) in [5.41, 5.74) is 2.07. The summed E-state index contributed by atoms with van der Waals surface area (Å²) in [7, 11) is 0. The smallest absolute Gasteiger partial charge is 0.266 e. The minimum atomic E-state index is -0.0381. The second-order valence-electron chi connectivity index (χ2n) is 7.41. The molecule has 1 aliphatic heterocycles. The van der Waals surface area contributed by atoms with Crippen molar-refractivity contribution in [3.8, 4) is 0 Å². The maximum absolute atomic E-state index is 12.0. The van der Waals surface area contributed by atoms with E-state index in [0.29, 0.717) is 12.5 Å². The first kappa shape index (κ1) is 16.3. The molecule has 3 rings (SSSR count). The molecule has 1 fully saturated rings. The van der Waals surface area contributed by atoms with Crippen molar-refractivity contribution in [1.29, 1.82) is 0 Å². The number of thiazole rings is 1. The summed E-state index contributed by atoms with van der Waals surface area (Å²) in [5.74, 6) is 0.496. The molecule has 1 saturated heterocycles. The molecule has 5 nitrogen and oxygen atoms in total. The predicted octanol–water partition coefficient (Wildman–Crippen LogP) is 2.44. The van der Waals surface area contributed by atoms with Crippen LogP contribution in [0.4, 0.5) is 0 Å². The molecule has 0 bridgehead atoms. The highest BCUT2D eigenvalue weighted by atomic mass is 32.1. The van der Waals surface area contributed by atoms with Crippen molar-refractivity contribution in [2.45, 2.75) is 46.2 Å². The van der Waals surface area contributed by atoms with Crippen molar-refractivity contribution >= 4 is 11.3 Å². The summed E-state index contributed by atoms with van der Waals surface area (Å²) in [4.78, 5) is 18.9. The van der Waals surface area contributed by atoms with Gasteiger partial charge in [0, 0.05) is 42.4 Å². The van der Waals surface area contributed by atoms with Crippen LogP contribution in [0.25, 0.3) is 0 Å². The van der Waals surface area contributed by atoms with E-state index >= 15 is 0 Å². The van der Waals surface area contributed by atoms with Crippen molar-refractivity contribution in [3.05, 3.63) is 44.3 Å². The quantitative estimate of drug-likeness (QED) is 0.863. The van der Waals surface area contributed by atoms with Crippen molar-refractivity contribution in [2.75, 3.05) is 13.1 Å². The molecule has 0 radical (unpaired) electrons. The minimum absolute atomic E-state index is 0.00780. The van der Waals surface area contributed by atoms with Crippen LogP contribution in [-0.2, 0) is 18.5 Å². The Balaban J connectivity index is 1.58. The molecule has 0 amide bonds. The Morgan fingerprint density at radius 3 is 2.65 bits per heavy atom. The van der Waals surface area contributed by atoms with Gasteiger partial charge in [0.15, 0.2) is 0 Å². The number of aromatic nitrogens is 3. The zero-order chi connectivity index (χ0) is 16.6. The van der Waals surface area contributed by atoms with E-state index < -0.39 is 0 Å². The van der Waals surface area contributed by atoms with Crippen LogP contribution < -0.4 is 5.56 Å². The SMILES string of the molecule is Cc1nc(CN2CC(Cn3nc(C(C)(C)C)ccc3=O)C2)cs1. The lowest BCUT2D eigenvalue weighted by Gasteiger charge is -2.38. The van der Waals surface area contributed by atoms with Crippen molar-refractivity contribution in [2.24, 2.45) is 5.92 Å². The summed E-state index contributed by atoms with van der Waals surface area (Å²) < 4.78 is 1.63. The zero-order valence-corrected chi connectivity index (χ0v) is 15.1. The molecule has 124 valence electrons. The van der Waals surface area contributed by atoms with Crippen LogP contribution in [0.1, 0.15) is 37.2 Å². The lowest BCUT2D eigenvalue weighted by molar-refractivity contribution is 0.0752. The number of hydrogen-bond donors (Lipinski definition) is 0. The molecular weight excluding hydrogens is 308 g/mol. The van der Waals surface area contributed by atoms with E-state index in [1.165, 1.54) is 0 Å². The van der Waals surface area contributed by atoms with Crippen LogP contribution in [0.15, 0.2) is 22.3 Å². The molecule has 6 heteroatoms. The Bertz CT molecular complexity index is 738. The van der Waals surface area contributed by atoms with E-state index in [9.17, 15) is 4.79 Å². The van der Waals surface area contributed by atoms with Crippen LogP contribution >= 0.6 is 11.3 Å². The number of aryl methyl sites for hydroxylation is 1. The van der Waals surface area contributed by atoms with E-state index in [1.807, 2.05) is 13.0 Å². The molecule has 0 atom stereocenters. The van der Waals surface area contributed by atoms with E-state index in [4.69, 9.17) is 0 Å². The molecular formula is C17H24N4OS. The third kappa shape index (κ3) is 3.87. The van der Waals surface area contributed by atoms with Crippen molar-refractivity contribution in [1.82, 2.24) is 19.7 Å². The van der Waals surface area contributed by atoms with Gasteiger partial charge in [0.25, 0.3) is 5.56 Å². The zero-order valence-electron chi connectivity index (χ0n) is 14.2. The first-order valence-corrected chi connectivity index (χ1v) is 8.91. The molecule has 2 aromatic heterocycles. The van der Waals surface area contributed by atoms with Gasteiger partial charge in [-0.2, -0.15) is 5.10 Å². The van der Waals surface area contributed by atoms with Gasteiger partial charge >= 0.3 is 0 Å². The third-order valence-corrected chi connectivity index (χ3v) is 4.97. The minimum Gasteiger partial charge on any atom is -0.297 e. The van der Waals surface area contributed by atoms with Gasteiger partial charge in [-0.15, -0.1) is 11.3 Å². The molecule has 0 unspecified atom stereocenters. The van der Waals surface area contributed by atoms with Crippen molar-refractivity contribution in [3.63, 3.8) is 0 Å². The van der Waals surface area contributed by atoms with Crippen LogP contribution in [0.3, 0.4) is 0 Å². The first-order valence-electron chi connectivity index (χ1n) is 8.03. The van der Waals surface area contributed by atoms with Gasteiger partial charge in [0.1, 0.15) is 0 Å². The second-order valence-corrected chi connectivity index (χ2v) is 8.47. The molecule has 23 heavy (non-hydrogen) atoms. The Morgan fingerprint density at radius 2 is 2.04 bits per heavy atom. The number of likely N-dealkylation sites (tertiary alicyclic amines) is 1. The molecule has 0 aromatic carbocycles. The van der Waals surface area contributed by atoms with E-state index in [1.54, 1.807) is 22.1 Å². The lowest BCUT2D eigenvalue weighted by Crippen LogP contribution is -2.49.